The Labute approximate surface area is 238 Å². The highest BCUT2D eigenvalue weighted by Crippen LogP contribution is 2.31. The van der Waals surface area contributed by atoms with Gasteiger partial charge in [-0.1, -0.05) is 25.1 Å². The third kappa shape index (κ3) is 7.14. The molecule has 1 aliphatic heterocycles. The molecule has 0 spiro atoms. The summed E-state index contributed by atoms with van der Waals surface area (Å²) in [5.41, 5.74) is 0.718. The molecule has 0 bridgehead atoms. The number of ether oxygens (including phenoxy) is 1. The Morgan fingerprint density at radius 3 is 2.44 bits per heavy atom. The van der Waals surface area contributed by atoms with Crippen LogP contribution >= 0.6 is 0 Å². The summed E-state index contributed by atoms with van der Waals surface area (Å²) in [7, 11) is -2.32. The number of hydrogen-bond acceptors (Lipinski definition) is 6. The summed E-state index contributed by atoms with van der Waals surface area (Å²) in [6.07, 6.45) is -0.564. The van der Waals surface area contributed by atoms with Gasteiger partial charge in [-0.05, 0) is 61.5 Å². The van der Waals surface area contributed by atoms with E-state index in [0.29, 0.717) is 5.69 Å². The number of nitrogens with one attached hydrogen (secondary N) is 2. The molecular formula is C29H33FN4O6S. The fraction of sp³-hybridized carbons (Fsp3) is 0.310. The largest absolute Gasteiger partial charge is 0.487 e. The van der Waals surface area contributed by atoms with Crippen LogP contribution in [0.25, 0.3) is 0 Å². The molecule has 3 aromatic carbocycles. The summed E-state index contributed by atoms with van der Waals surface area (Å²) in [5, 5.41) is 12.6. The number of carbonyl (C=O) groups is 2. The van der Waals surface area contributed by atoms with Gasteiger partial charge in [0.05, 0.1) is 29.7 Å². The van der Waals surface area contributed by atoms with Crippen molar-refractivity contribution in [2.75, 3.05) is 36.8 Å². The van der Waals surface area contributed by atoms with Crippen molar-refractivity contribution < 1.29 is 32.2 Å². The lowest BCUT2D eigenvalue weighted by Gasteiger charge is -2.38. The molecule has 0 unspecified atom stereocenters. The van der Waals surface area contributed by atoms with E-state index >= 15 is 0 Å². The predicted molar refractivity (Wildman–Crippen MR) is 153 cm³/mol. The zero-order chi connectivity index (χ0) is 29.7. The quantitative estimate of drug-likeness (QED) is 0.367. The van der Waals surface area contributed by atoms with Gasteiger partial charge in [0, 0.05) is 30.9 Å². The highest BCUT2D eigenvalue weighted by molar-refractivity contribution is 7.92. The van der Waals surface area contributed by atoms with Gasteiger partial charge in [0.2, 0.25) is 0 Å². The third-order valence-electron chi connectivity index (χ3n) is 6.87. The van der Waals surface area contributed by atoms with Crippen molar-refractivity contribution in [3.05, 3.63) is 84.2 Å². The number of halogens is 1. The Morgan fingerprint density at radius 1 is 1.12 bits per heavy atom. The molecule has 0 radical (unpaired) electrons. The van der Waals surface area contributed by atoms with Gasteiger partial charge in [0.25, 0.3) is 15.9 Å². The number of hydrogen-bond donors (Lipinski definition) is 3. The highest BCUT2D eigenvalue weighted by Gasteiger charge is 2.34. The Bertz CT molecular complexity index is 1490. The van der Waals surface area contributed by atoms with E-state index in [-0.39, 0.29) is 47.5 Å². The number of carbonyl (C=O) groups excluding carboxylic acids is 2. The van der Waals surface area contributed by atoms with Crippen LogP contribution in [0.5, 0.6) is 5.75 Å². The average molecular weight is 585 g/mol. The number of nitrogens with zero attached hydrogens (tertiary/aromatic N) is 2. The second kappa shape index (κ2) is 12.6. The number of aliphatic hydroxyl groups is 1. The summed E-state index contributed by atoms with van der Waals surface area (Å²) in [6, 6.07) is 16.7. The van der Waals surface area contributed by atoms with Crippen LogP contribution in [-0.2, 0) is 10.0 Å². The number of sulfonamides is 1. The van der Waals surface area contributed by atoms with Crippen molar-refractivity contribution in [2.45, 2.75) is 30.9 Å². The van der Waals surface area contributed by atoms with Crippen LogP contribution in [0.2, 0.25) is 0 Å². The molecule has 3 atom stereocenters. The van der Waals surface area contributed by atoms with Crippen LogP contribution < -0.4 is 14.8 Å². The number of fused-ring (bicyclic) bond motifs is 1. The normalized spacial score (nSPS) is 17.9. The Kier molecular flexibility index (Phi) is 9.14. The Balaban J connectivity index is 1.60. The predicted octanol–water partition coefficient (Wildman–Crippen LogP) is 4.01. The van der Waals surface area contributed by atoms with Crippen molar-refractivity contribution >= 4 is 33.3 Å². The molecule has 3 N–H and O–H groups in total. The van der Waals surface area contributed by atoms with Crippen molar-refractivity contribution in [3.63, 3.8) is 0 Å². The van der Waals surface area contributed by atoms with Gasteiger partial charge >= 0.3 is 6.03 Å². The maximum atomic E-state index is 13.6. The van der Waals surface area contributed by atoms with Gasteiger partial charge in [-0.15, -0.1) is 0 Å². The van der Waals surface area contributed by atoms with Crippen molar-refractivity contribution in [2.24, 2.45) is 5.92 Å². The highest BCUT2D eigenvalue weighted by atomic mass is 32.2. The van der Waals surface area contributed by atoms with E-state index < -0.39 is 39.9 Å². The Morgan fingerprint density at radius 2 is 1.78 bits per heavy atom. The lowest BCUT2D eigenvalue weighted by Crippen LogP contribution is -2.50. The molecule has 0 saturated carbocycles. The topological polar surface area (TPSA) is 128 Å². The van der Waals surface area contributed by atoms with Crippen molar-refractivity contribution in [1.82, 2.24) is 9.80 Å². The first kappa shape index (κ1) is 29.8. The lowest BCUT2D eigenvalue weighted by atomic mass is 9.99. The minimum absolute atomic E-state index is 0.0701. The first-order valence-electron chi connectivity index (χ1n) is 13.1. The summed E-state index contributed by atoms with van der Waals surface area (Å²) >= 11 is 0. The minimum atomic E-state index is -3.91. The molecule has 41 heavy (non-hydrogen) atoms. The second-order valence-corrected chi connectivity index (χ2v) is 11.8. The van der Waals surface area contributed by atoms with E-state index in [4.69, 9.17) is 4.74 Å². The number of likely N-dealkylation sites (N-methyl/N-ethyl adjacent to an activating group) is 1. The molecule has 0 fully saturated rings. The monoisotopic (exact) mass is 584 g/mol. The van der Waals surface area contributed by atoms with E-state index in [1.54, 1.807) is 32.2 Å². The van der Waals surface area contributed by atoms with E-state index in [1.165, 1.54) is 64.4 Å². The molecule has 0 aliphatic carbocycles. The smallest absolute Gasteiger partial charge is 0.321 e. The fourth-order valence-corrected chi connectivity index (χ4v) is 5.49. The molecule has 1 heterocycles. The Hall–Kier alpha value is -4.16. The van der Waals surface area contributed by atoms with Crippen LogP contribution in [0.4, 0.5) is 20.6 Å². The molecule has 0 aromatic heterocycles. The number of amides is 3. The summed E-state index contributed by atoms with van der Waals surface area (Å²) in [4.78, 5) is 29.5. The van der Waals surface area contributed by atoms with Gasteiger partial charge < -0.3 is 25.0 Å². The summed E-state index contributed by atoms with van der Waals surface area (Å²) in [5.74, 6) is -0.871. The average Bonchev–Trinajstić information content (AvgIpc) is 2.96. The van der Waals surface area contributed by atoms with Gasteiger partial charge in [0.15, 0.2) is 0 Å². The first-order chi connectivity index (χ1) is 19.5. The first-order valence-corrected chi connectivity index (χ1v) is 14.5. The molecule has 12 heteroatoms. The van der Waals surface area contributed by atoms with Crippen molar-refractivity contribution in [1.29, 1.82) is 0 Å². The van der Waals surface area contributed by atoms with E-state index in [1.807, 2.05) is 6.92 Å². The molecule has 1 aliphatic rings. The van der Waals surface area contributed by atoms with Crippen LogP contribution in [-0.4, -0.2) is 74.2 Å². The lowest BCUT2D eigenvalue weighted by molar-refractivity contribution is 0.0371. The van der Waals surface area contributed by atoms with Gasteiger partial charge in [-0.2, -0.15) is 0 Å². The zero-order valence-electron chi connectivity index (χ0n) is 23.0. The molecule has 3 amide bonds. The SMILES string of the molecule is C[C@@H]1CN([C@H](C)CO)C(=O)c2cc(NS(=O)(=O)c3ccccc3)ccc2O[C@H]1CN(C)C(=O)Nc1ccc(F)cc1. The zero-order valence-corrected chi connectivity index (χ0v) is 23.8. The molecule has 0 saturated heterocycles. The maximum absolute atomic E-state index is 13.6. The maximum Gasteiger partial charge on any atom is 0.321 e. The van der Waals surface area contributed by atoms with Crippen molar-refractivity contribution in [3.8, 4) is 5.75 Å². The second-order valence-electron chi connectivity index (χ2n) is 10.1. The molecule has 218 valence electrons. The van der Waals surface area contributed by atoms with E-state index in [9.17, 15) is 27.5 Å². The number of benzene rings is 3. The van der Waals surface area contributed by atoms with Crippen LogP contribution in [0.1, 0.15) is 24.2 Å². The molecule has 4 rings (SSSR count). The van der Waals surface area contributed by atoms with Gasteiger partial charge in [0.1, 0.15) is 17.7 Å². The molecule has 3 aromatic rings. The number of aliphatic hydroxyl groups excluding tert-OH is 1. The summed E-state index contributed by atoms with van der Waals surface area (Å²) in [6.45, 7) is 3.68. The van der Waals surface area contributed by atoms with Gasteiger partial charge in [-0.25, -0.2) is 17.6 Å². The third-order valence-corrected chi connectivity index (χ3v) is 8.26. The van der Waals surface area contributed by atoms with Crippen LogP contribution in [0.3, 0.4) is 0 Å². The van der Waals surface area contributed by atoms with Crippen LogP contribution in [0, 0.1) is 11.7 Å². The van der Waals surface area contributed by atoms with E-state index in [2.05, 4.69) is 10.0 Å². The molecule has 10 nitrogen and oxygen atoms in total. The van der Waals surface area contributed by atoms with Gasteiger partial charge in [-0.3, -0.25) is 9.52 Å². The number of rotatable bonds is 8. The summed E-state index contributed by atoms with van der Waals surface area (Å²) < 4.78 is 47.8. The minimum Gasteiger partial charge on any atom is -0.487 e. The fourth-order valence-electron chi connectivity index (χ4n) is 4.42. The standard InChI is InChI=1S/C29H33FN4O6S/c1-19-16-34(20(2)18-35)28(36)25-15-23(32-41(38,39)24-7-5-4-6-8-24)13-14-26(25)40-27(19)17-33(3)29(37)31-22-11-9-21(30)10-12-22/h4-15,19-20,27,32,35H,16-18H2,1-3H3,(H,31,37)/t19-,20-,27+/m1/s1. The number of anilines is 2. The molecular weight excluding hydrogens is 551 g/mol. The van der Waals surface area contributed by atoms with Crippen LogP contribution in [0.15, 0.2) is 77.7 Å². The number of urea groups is 1. The van der Waals surface area contributed by atoms with E-state index in [0.717, 1.165) is 0 Å².